The van der Waals surface area contributed by atoms with E-state index in [4.69, 9.17) is 0 Å². The summed E-state index contributed by atoms with van der Waals surface area (Å²) in [5.74, 6) is -0.118. The van der Waals surface area contributed by atoms with Gasteiger partial charge >= 0.3 is 0 Å². The lowest BCUT2D eigenvalue weighted by Gasteiger charge is -2.09. The van der Waals surface area contributed by atoms with Crippen LogP contribution >= 0.6 is 0 Å². The highest BCUT2D eigenvalue weighted by molar-refractivity contribution is 5.99. The number of amides is 1. The van der Waals surface area contributed by atoms with Crippen LogP contribution in [-0.2, 0) is 11.3 Å². The van der Waals surface area contributed by atoms with Gasteiger partial charge in [0.1, 0.15) is 6.54 Å². The van der Waals surface area contributed by atoms with Gasteiger partial charge in [-0.2, -0.15) is 0 Å². The van der Waals surface area contributed by atoms with Crippen LogP contribution in [0, 0.1) is 6.92 Å². The van der Waals surface area contributed by atoms with Crippen LogP contribution in [0.4, 0.5) is 5.69 Å². The first-order valence-corrected chi connectivity index (χ1v) is 7.07. The molecule has 0 spiro atoms. The minimum Gasteiger partial charge on any atom is -0.337 e. The van der Waals surface area contributed by atoms with Crippen molar-refractivity contribution >= 4 is 28.8 Å². The molecule has 1 amide bonds. The lowest BCUT2D eigenvalue weighted by atomic mass is 10.2. The maximum absolute atomic E-state index is 12.3. The SMILES string of the molecule is Cc1ccccc1NC(=O)Cn1cc(C=O)c2ccccc21. The van der Waals surface area contributed by atoms with Gasteiger partial charge < -0.3 is 9.88 Å². The summed E-state index contributed by atoms with van der Waals surface area (Å²) in [6.45, 7) is 2.12. The van der Waals surface area contributed by atoms with E-state index in [0.717, 1.165) is 28.4 Å². The second-order valence-electron chi connectivity index (χ2n) is 5.21. The molecule has 0 saturated carbocycles. The smallest absolute Gasteiger partial charge is 0.244 e. The Kier molecular flexibility index (Phi) is 3.74. The van der Waals surface area contributed by atoms with E-state index in [1.807, 2.05) is 55.5 Å². The number of nitrogens with one attached hydrogen (secondary N) is 1. The summed E-state index contributed by atoms with van der Waals surface area (Å²) in [5, 5.41) is 3.76. The van der Waals surface area contributed by atoms with Crippen molar-refractivity contribution in [3.05, 3.63) is 65.9 Å². The van der Waals surface area contributed by atoms with Gasteiger partial charge in [-0.05, 0) is 24.6 Å². The molecule has 0 aliphatic heterocycles. The van der Waals surface area contributed by atoms with E-state index >= 15 is 0 Å². The summed E-state index contributed by atoms with van der Waals surface area (Å²) < 4.78 is 1.80. The predicted octanol–water partition coefficient (Wildman–Crippen LogP) is 3.40. The molecule has 0 fully saturated rings. The van der Waals surface area contributed by atoms with Gasteiger partial charge in [0.05, 0.1) is 0 Å². The normalized spacial score (nSPS) is 10.6. The minimum atomic E-state index is -0.118. The minimum absolute atomic E-state index is 0.118. The highest BCUT2D eigenvalue weighted by Crippen LogP contribution is 2.20. The summed E-state index contributed by atoms with van der Waals surface area (Å²) in [6, 6.07) is 15.2. The standard InChI is InChI=1S/C18H16N2O2/c1-13-6-2-4-8-16(13)19-18(22)11-20-10-14(12-21)15-7-3-5-9-17(15)20/h2-10,12H,11H2,1H3,(H,19,22). The van der Waals surface area contributed by atoms with Crippen LogP contribution in [-0.4, -0.2) is 16.8 Å². The molecule has 110 valence electrons. The van der Waals surface area contributed by atoms with Crippen molar-refractivity contribution in [3.63, 3.8) is 0 Å². The monoisotopic (exact) mass is 292 g/mol. The van der Waals surface area contributed by atoms with Crippen molar-refractivity contribution in [2.45, 2.75) is 13.5 Å². The zero-order chi connectivity index (χ0) is 15.5. The molecule has 1 heterocycles. The fourth-order valence-corrected chi connectivity index (χ4v) is 2.56. The van der Waals surface area contributed by atoms with E-state index in [1.165, 1.54) is 0 Å². The molecule has 4 heteroatoms. The Morgan fingerprint density at radius 2 is 1.86 bits per heavy atom. The van der Waals surface area contributed by atoms with Crippen molar-refractivity contribution in [2.24, 2.45) is 0 Å². The van der Waals surface area contributed by atoms with E-state index in [0.29, 0.717) is 5.56 Å². The Morgan fingerprint density at radius 1 is 1.14 bits per heavy atom. The molecule has 1 N–H and O–H groups in total. The number of carbonyl (C=O) groups excluding carboxylic acids is 2. The number of carbonyl (C=O) groups is 2. The van der Waals surface area contributed by atoms with Crippen LogP contribution in [0.25, 0.3) is 10.9 Å². The molecule has 0 bridgehead atoms. The van der Waals surface area contributed by atoms with E-state index < -0.39 is 0 Å². The molecular formula is C18H16N2O2. The topological polar surface area (TPSA) is 51.1 Å². The van der Waals surface area contributed by atoms with Crippen molar-refractivity contribution in [1.82, 2.24) is 4.57 Å². The zero-order valence-electron chi connectivity index (χ0n) is 12.2. The molecule has 3 aromatic rings. The summed E-state index contributed by atoms with van der Waals surface area (Å²) in [7, 11) is 0. The number of aryl methyl sites for hydroxylation is 1. The zero-order valence-corrected chi connectivity index (χ0v) is 12.2. The van der Waals surface area contributed by atoms with E-state index in [-0.39, 0.29) is 12.5 Å². The van der Waals surface area contributed by atoms with Gasteiger partial charge in [-0.1, -0.05) is 36.4 Å². The molecule has 3 rings (SSSR count). The number of nitrogens with zero attached hydrogens (tertiary/aromatic N) is 1. The van der Waals surface area contributed by atoms with Gasteiger partial charge in [-0.25, -0.2) is 0 Å². The Morgan fingerprint density at radius 3 is 2.64 bits per heavy atom. The van der Waals surface area contributed by atoms with Gasteiger partial charge in [0, 0.05) is 28.4 Å². The third-order valence-electron chi connectivity index (χ3n) is 3.68. The number of benzene rings is 2. The Labute approximate surface area is 128 Å². The fourth-order valence-electron chi connectivity index (χ4n) is 2.56. The van der Waals surface area contributed by atoms with Crippen LogP contribution in [0.3, 0.4) is 0 Å². The van der Waals surface area contributed by atoms with E-state index in [9.17, 15) is 9.59 Å². The molecule has 0 radical (unpaired) electrons. The molecule has 22 heavy (non-hydrogen) atoms. The molecular weight excluding hydrogens is 276 g/mol. The van der Waals surface area contributed by atoms with Crippen LogP contribution in [0.1, 0.15) is 15.9 Å². The maximum atomic E-state index is 12.3. The first kappa shape index (κ1) is 14.1. The third kappa shape index (κ3) is 2.63. The summed E-state index contributed by atoms with van der Waals surface area (Å²) in [4.78, 5) is 23.4. The first-order chi connectivity index (χ1) is 10.7. The van der Waals surface area contributed by atoms with Gasteiger partial charge in [0.25, 0.3) is 0 Å². The average Bonchev–Trinajstić information content (AvgIpc) is 2.88. The third-order valence-corrected chi connectivity index (χ3v) is 3.68. The van der Waals surface area contributed by atoms with Gasteiger partial charge in [-0.15, -0.1) is 0 Å². The highest BCUT2D eigenvalue weighted by atomic mass is 16.2. The molecule has 0 atom stereocenters. The molecule has 0 saturated heterocycles. The second-order valence-corrected chi connectivity index (χ2v) is 5.21. The van der Waals surface area contributed by atoms with Gasteiger partial charge in [0.2, 0.25) is 5.91 Å². The Balaban J connectivity index is 1.86. The average molecular weight is 292 g/mol. The number of hydrogen-bond acceptors (Lipinski definition) is 2. The van der Waals surface area contributed by atoms with E-state index in [2.05, 4.69) is 5.32 Å². The molecule has 1 aromatic heterocycles. The Hall–Kier alpha value is -2.88. The number of anilines is 1. The maximum Gasteiger partial charge on any atom is 0.244 e. The lowest BCUT2D eigenvalue weighted by Crippen LogP contribution is -2.18. The fraction of sp³-hybridized carbons (Fsp3) is 0.111. The highest BCUT2D eigenvalue weighted by Gasteiger charge is 2.11. The lowest BCUT2D eigenvalue weighted by molar-refractivity contribution is -0.116. The summed E-state index contributed by atoms with van der Waals surface area (Å²) >= 11 is 0. The number of para-hydroxylation sites is 2. The molecule has 4 nitrogen and oxygen atoms in total. The molecule has 0 unspecified atom stereocenters. The van der Waals surface area contributed by atoms with Crippen LogP contribution < -0.4 is 5.32 Å². The number of aldehydes is 1. The Bertz CT molecular complexity index is 849. The van der Waals surface area contributed by atoms with Crippen molar-refractivity contribution in [1.29, 1.82) is 0 Å². The van der Waals surface area contributed by atoms with Crippen molar-refractivity contribution < 1.29 is 9.59 Å². The molecule has 0 aliphatic carbocycles. The second kappa shape index (κ2) is 5.85. The van der Waals surface area contributed by atoms with Crippen molar-refractivity contribution in [3.8, 4) is 0 Å². The van der Waals surface area contributed by atoms with Crippen LogP contribution in [0.5, 0.6) is 0 Å². The number of aromatic nitrogens is 1. The predicted molar refractivity (Wildman–Crippen MR) is 87.1 cm³/mol. The van der Waals surface area contributed by atoms with E-state index in [1.54, 1.807) is 10.8 Å². The number of hydrogen-bond donors (Lipinski definition) is 1. The van der Waals surface area contributed by atoms with Crippen LogP contribution in [0.15, 0.2) is 54.7 Å². The van der Waals surface area contributed by atoms with Crippen LogP contribution in [0.2, 0.25) is 0 Å². The number of rotatable bonds is 4. The van der Waals surface area contributed by atoms with Gasteiger partial charge in [0.15, 0.2) is 6.29 Å². The molecule has 2 aromatic carbocycles. The quantitative estimate of drug-likeness (QED) is 0.749. The van der Waals surface area contributed by atoms with Crippen molar-refractivity contribution in [2.75, 3.05) is 5.32 Å². The number of fused-ring (bicyclic) bond motifs is 1. The summed E-state index contributed by atoms with van der Waals surface area (Å²) in [6.07, 6.45) is 2.53. The van der Waals surface area contributed by atoms with Gasteiger partial charge in [-0.3, -0.25) is 9.59 Å². The first-order valence-electron chi connectivity index (χ1n) is 7.07. The molecule has 0 aliphatic rings. The largest absolute Gasteiger partial charge is 0.337 e. The summed E-state index contributed by atoms with van der Waals surface area (Å²) in [5.41, 5.74) is 3.30.